The molecule has 3 rings (SSSR count). The minimum Gasteiger partial charge on any atom is -0.401 e. The van der Waals surface area contributed by atoms with Gasteiger partial charge >= 0.3 is 12.0 Å². The Hall–Kier alpha value is -3.16. The van der Waals surface area contributed by atoms with E-state index in [1.54, 1.807) is 24.0 Å². The van der Waals surface area contributed by atoms with E-state index < -0.39 is 6.03 Å². The minimum atomic E-state index is -0.392. The molecule has 118 valence electrons. The zero-order valence-corrected chi connectivity index (χ0v) is 12.6. The SMILES string of the molecule is Cn1ccc(-c2nnc(NC(=O)NCCc3ccccc3)o2)n1. The number of hydrogen-bond acceptors (Lipinski definition) is 5. The Balaban J connectivity index is 1.49. The summed E-state index contributed by atoms with van der Waals surface area (Å²) in [6.07, 6.45) is 2.51. The van der Waals surface area contributed by atoms with Crippen molar-refractivity contribution < 1.29 is 9.21 Å². The molecule has 1 aromatic carbocycles. The molecule has 0 aliphatic heterocycles. The Labute approximate surface area is 132 Å². The summed E-state index contributed by atoms with van der Waals surface area (Å²) in [5.41, 5.74) is 1.71. The van der Waals surface area contributed by atoms with E-state index in [-0.39, 0.29) is 11.9 Å². The van der Waals surface area contributed by atoms with Crippen LogP contribution < -0.4 is 10.6 Å². The second-order valence-electron chi connectivity index (χ2n) is 4.90. The van der Waals surface area contributed by atoms with Crippen LogP contribution in [0.5, 0.6) is 0 Å². The predicted molar refractivity (Wildman–Crippen MR) is 83.7 cm³/mol. The van der Waals surface area contributed by atoms with Crippen LogP contribution in [-0.4, -0.2) is 32.6 Å². The van der Waals surface area contributed by atoms with E-state index in [9.17, 15) is 4.79 Å². The largest absolute Gasteiger partial charge is 0.401 e. The normalized spacial score (nSPS) is 10.5. The van der Waals surface area contributed by atoms with Crippen LogP contribution in [0.1, 0.15) is 5.56 Å². The molecule has 0 aliphatic carbocycles. The number of amides is 2. The molecule has 0 saturated heterocycles. The van der Waals surface area contributed by atoms with Crippen molar-refractivity contribution in [1.82, 2.24) is 25.3 Å². The fraction of sp³-hybridized carbons (Fsp3) is 0.200. The zero-order chi connectivity index (χ0) is 16.1. The van der Waals surface area contributed by atoms with Crippen molar-refractivity contribution in [3.8, 4) is 11.6 Å². The van der Waals surface area contributed by atoms with Crippen molar-refractivity contribution in [2.75, 3.05) is 11.9 Å². The summed E-state index contributed by atoms with van der Waals surface area (Å²) in [7, 11) is 1.79. The summed E-state index contributed by atoms with van der Waals surface area (Å²) in [5, 5.41) is 17.0. The number of anilines is 1. The van der Waals surface area contributed by atoms with Crippen molar-refractivity contribution in [2.24, 2.45) is 7.05 Å². The maximum atomic E-state index is 11.8. The molecular formula is C15H16N6O2. The van der Waals surface area contributed by atoms with Gasteiger partial charge < -0.3 is 9.73 Å². The monoisotopic (exact) mass is 312 g/mol. The smallest absolute Gasteiger partial charge is 0.324 e. The number of nitrogens with one attached hydrogen (secondary N) is 2. The lowest BCUT2D eigenvalue weighted by Gasteiger charge is -2.04. The van der Waals surface area contributed by atoms with Gasteiger partial charge in [-0.15, -0.1) is 5.10 Å². The van der Waals surface area contributed by atoms with Crippen LogP contribution in [0, 0.1) is 0 Å². The van der Waals surface area contributed by atoms with Crippen LogP contribution >= 0.6 is 0 Å². The summed E-state index contributed by atoms with van der Waals surface area (Å²) >= 11 is 0. The van der Waals surface area contributed by atoms with Gasteiger partial charge in [0, 0.05) is 19.8 Å². The first-order chi connectivity index (χ1) is 11.2. The molecule has 8 nitrogen and oxygen atoms in total. The number of carbonyl (C=O) groups excluding carboxylic acids is 1. The van der Waals surface area contributed by atoms with E-state index in [2.05, 4.69) is 25.9 Å². The molecule has 0 aliphatic rings. The van der Waals surface area contributed by atoms with Crippen molar-refractivity contribution in [1.29, 1.82) is 0 Å². The van der Waals surface area contributed by atoms with Gasteiger partial charge in [0.05, 0.1) is 0 Å². The Morgan fingerprint density at radius 3 is 2.78 bits per heavy atom. The summed E-state index contributed by atoms with van der Waals surface area (Å²) in [6.45, 7) is 0.511. The molecule has 23 heavy (non-hydrogen) atoms. The second kappa shape index (κ2) is 6.73. The van der Waals surface area contributed by atoms with Crippen LogP contribution in [0.25, 0.3) is 11.6 Å². The minimum absolute atomic E-state index is 0.0304. The van der Waals surface area contributed by atoms with Gasteiger partial charge in [0.1, 0.15) is 5.69 Å². The summed E-state index contributed by atoms with van der Waals surface area (Å²) < 4.78 is 6.98. The maximum absolute atomic E-state index is 11.8. The molecule has 8 heteroatoms. The number of aromatic nitrogens is 4. The maximum Gasteiger partial charge on any atom is 0.324 e. The molecule has 0 saturated carbocycles. The molecule has 2 heterocycles. The Bertz CT molecular complexity index is 780. The predicted octanol–water partition coefficient (Wildman–Crippen LogP) is 1.83. The number of hydrogen-bond donors (Lipinski definition) is 2. The van der Waals surface area contributed by atoms with E-state index in [0.29, 0.717) is 12.2 Å². The van der Waals surface area contributed by atoms with Crippen LogP contribution in [0.4, 0.5) is 10.8 Å². The average Bonchev–Trinajstić information content (AvgIpc) is 3.17. The van der Waals surface area contributed by atoms with Gasteiger partial charge in [-0.2, -0.15) is 5.10 Å². The van der Waals surface area contributed by atoms with Crippen molar-refractivity contribution in [3.05, 3.63) is 48.2 Å². The molecule has 0 unspecified atom stereocenters. The van der Waals surface area contributed by atoms with E-state index in [4.69, 9.17) is 4.42 Å². The average molecular weight is 312 g/mol. The van der Waals surface area contributed by atoms with E-state index in [1.165, 1.54) is 0 Å². The highest BCUT2D eigenvalue weighted by molar-refractivity contribution is 5.86. The highest BCUT2D eigenvalue weighted by Gasteiger charge is 2.12. The zero-order valence-electron chi connectivity index (χ0n) is 12.6. The number of nitrogens with zero attached hydrogens (tertiary/aromatic N) is 4. The topological polar surface area (TPSA) is 97.9 Å². The van der Waals surface area contributed by atoms with Crippen molar-refractivity contribution in [2.45, 2.75) is 6.42 Å². The highest BCUT2D eigenvalue weighted by atomic mass is 16.4. The fourth-order valence-corrected chi connectivity index (χ4v) is 2.01. The third-order valence-corrected chi connectivity index (χ3v) is 3.12. The van der Waals surface area contributed by atoms with Gasteiger partial charge in [-0.25, -0.2) is 4.79 Å². The quantitative estimate of drug-likeness (QED) is 0.749. The first-order valence-electron chi connectivity index (χ1n) is 7.13. The molecule has 2 N–H and O–H groups in total. The van der Waals surface area contributed by atoms with Gasteiger partial charge in [0.2, 0.25) is 0 Å². The lowest BCUT2D eigenvalue weighted by molar-refractivity contribution is 0.251. The molecule has 2 aromatic heterocycles. The Morgan fingerprint density at radius 2 is 2.04 bits per heavy atom. The highest BCUT2D eigenvalue weighted by Crippen LogP contribution is 2.16. The van der Waals surface area contributed by atoms with Crippen molar-refractivity contribution in [3.63, 3.8) is 0 Å². The van der Waals surface area contributed by atoms with Crippen LogP contribution in [0.3, 0.4) is 0 Å². The second-order valence-corrected chi connectivity index (χ2v) is 4.90. The number of benzene rings is 1. The van der Waals surface area contributed by atoms with Gasteiger partial charge in [-0.3, -0.25) is 10.00 Å². The molecule has 0 radical (unpaired) electrons. The lowest BCUT2D eigenvalue weighted by atomic mass is 10.1. The number of aryl methyl sites for hydroxylation is 1. The van der Waals surface area contributed by atoms with Gasteiger partial charge in [0.25, 0.3) is 5.89 Å². The molecule has 2 amide bonds. The van der Waals surface area contributed by atoms with Crippen LogP contribution in [0.15, 0.2) is 47.0 Å². The van der Waals surface area contributed by atoms with Crippen LogP contribution in [-0.2, 0) is 13.5 Å². The lowest BCUT2D eigenvalue weighted by Crippen LogP contribution is -2.30. The fourth-order valence-electron chi connectivity index (χ4n) is 2.01. The first-order valence-corrected chi connectivity index (χ1v) is 7.13. The molecule has 0 spiro atoms. The number of carbonyl (C=O) groups is 1. The van der Waals surface area contributed by atoms with Crippen LogP contribution in [0.2, 0.25) is 0 Å². The summed E-state index contributed by atoms with van der Waals surface area (Å²) in [6, 6.07) is 11.3. The molecular weight excluding hydrogens is 296 g/mol. The Morgan fingerprint density at radius 1 is 1.22 bits per heavy atom. The van der Waals surface area contributed by atoms with E-state index in [0.717, 1.165) is 12.0 Å². The van der Waals surface area contributed by atoms with Gasteiger partial charge in [-0.1, -0.05) is 35.4 Å². The summed E-state index contributed by atoms with van der Waals surface area (Å²) in [5.74, 6) is 0.255. The van der Waals surface area contributed by atoms with Crippen molar-refractivity contribution >= 4 is 12.0 Å². The molecule has 0 fully saturated rings. The number of rotatable bonds is 5. The standard InChI is InChI=1S/C15H16N6O2/c1-21-10-8-12(20-21)13-18-19-15(23-13)17-14(22)16-9-7-11-5-3-2-4-6-11/h2-6,8,10H,7,9H2,1H3,(H2,16,17,19,22). The first kappa shape index (κ1) is 14.8. The number of urea groups is 1. The third kappa shape index (κ3) is 3.94. The molecule has 3 aromatic rings. The van der Waals surface area contributed by atoms with Gasteiger partial charge in [0.15, 0.2) is 0 Å². The molecule has 0 bridgehead atoms. The third-order valence-electron chi connectivity index (χ3n) is 3.12. The molecule has 0 atom stereocenters. The van der Waals surface area contributed by atoms with E-state index >= 15 is 0 Å². The Kier molecular flexibility index (Phi) is 4.32. The van der Waals surface area contributed by atoms with Gasteiger partial charge in [-0.05, 0) is 18.1 Å². The van der Waals surface area contributed by atoms with E-state index in [1.807, 2.05) is 30.3 Å². The summed E-state index contributed by atoms with van der Waals surface area (Å²) in [4.78, 5) is 11.8.